The predicted octanol–water partition coefficient (Wildman–Crippen LogP) is 3.69. The van der Waals surface area contributed by atoms with Crippen molar-refractivity contribution in [3.63, 3.8) is 0 Å². The van der Waals surface area contributed by atoms with Gasteiger partial charge in [0.2, 0.25) is 0 Å². The van der Waals surface area contributed by atoms with Gasteiger partial charge >= 0.3 is 0 Å². The molecule has 0 aliphatic carbocycles. The van der Waals surface area contributed by atoms with Crippen LogP contribution >= 0.6 is 11.6 Å². The highest BCUT2D eigenvalue weighted by Crippen LogP contribution is 2.35. The van der Waals surface area contributed by atoms with E-state index < -0.39 is 10.2 Å². The number of aryl methyl sites for hydroxylation is 1. The third-order valence-electron chi connectivity index (χ3n) is 4.50. The molecule has 3 rings (SSSR count). The molecule has 0 bridgehead atoms. The minimum atomic E-state index is -3.68. The van der Waals surface area contributed by atoms with Crippen molar-refractivity contribution in [1.82, 2.24) is 9.29 Å². The quantitative estimate of drug-likeness (QED) is 0.530. The molecule has 0 amide bonds. The molecule has 9 heteroatoms. The average Bonchev–Trinajstić information content (AvgIpc) is 3.05. The first-order valence-corrected chi connectivity index (χ1v) is 11.0. The summed E-state index contributed by atoms with van der Waals surface area (Å²) in [7, 11) is -2.08. The number of nitrogens with one attached hydrogen (secondary N) is 2. The zero-order valence-electron chi connectivity index (χ0n) is 16.1. The van der Waals surface area contributed by atoms with Gasteiger partial charge in [-0.05, 0) is 36.8 Å². The summed E-state index contributed by atoms with van der Waals surface area (Å²) in [4.78, 5) is 0. The monoisotopic (exact) mass is 432 g/mol. The van der Waals surface area contributed by atoms with Crippen molar-refractivity contribution in [2.75, 3.05) is 24.3 Å². The lowest BCUT2D eigenvalue weighted by molar-refractivity contribution is 0.415. The normalized spacial score (nSPS) is 11.4. The van der Waals surface area contributed by atoms with Crippen molar-refractivity contribution in [3.8, 4) is 23.1 Å². The number of nitrogens with zero attached hydrogens (tertiary/aromatic N) is 2. The summed E-state index contributed by atoms with van der Waals surface area (Å²) in [6.45, 7) is 2.81. The molecular weight excluding hydrogens is 412 g/mol. The van der Waals surface area contributed by atoms with Gasteiger partial charge in [0.15, 0.2) is 0 Å². The largest absolute Gasteiger partial charge is 0.497 e. The number of hydrogen-bond donors (Lipinski definition) is 2. The van der Waals surface area contributed by atoms with Crippen LogP contribution in [-0.2, 0) is 16.8 Å². The standard InChI is InChI=1S/C20H21ClN4O3S/c1-3-25-19-12-16(28-2)8-9-17(19)18(13-22)20(25)14-4-6-15(7-5-14)24-29(26,27)23-11-10-21/h4-9,12,23-24H,3,10-11H2,1-2H3. The van der Waals surface area contributed by atoms with E-state index in [0.29, 0.717) is 17.8 Å². The zero-order chi connectivity index (χ0) is 21.0. The fraction of sp³-hybridized carbons (Fsp3) is 0.250. The van der Waals surface area contributed by atoms with Gasteiger partial charge in [-0.25, -0.2) is 0 Å². The van der Waals surface area contributed by atoms with Crippen LogP contribution in [0.4, 0.5) is 5.69 Å². The first kappa shape index (κ1) is 21.0. The van der Waals surface area contributed by atoms with Crippen molar-refractivity contribution in [2.45, 2.75) is 13.5 Å². The Bertz CT molecular complexity index is 1170. The van der Waals surface area contributed by atoms with E-state index in [0.717, 1.165) is 27.9 Å². The summed E-state index contributed by atoms with van der Waals surface area (Å²) in [5.74, 6) is 0.901. The second kappa shape index (κ2) is 8.74. The number of fused-ring (bicyclic) bond motifs is 1. The number of halogens is 1. The average molecular weight is 433 g/mol. The van der Waals surface area contributed by atoms with Crippen LogP contribution in [0.1, 0.15) is 12.5 Å². The summed E-state index contributed by atoms with van der Waals surface area (Å²) in [5.41, 5.74) is 3.49. The van der Waals surface area contributed by atoms with E-state index in [-0.39, 0.29) is 12.4 Å². The number of hydrogen-bond acceptors (Lipinski definition) is 4. The smallest absolute Gasteiger partial charge is 0.299 e. The highest BCUT2D eigenvalue weighted by atomic mass is 35.5. The Morgan fingerprint density at radius 2 is 1.93 bits per heavy atom. The number of aromatic nitrogens is 1. The van der Waals surface area contributed by atoms with Crippen molar-refractivity contribution >= 4 is 38.4 Å². The van der Waals surface area contributed by atoms with E-state index in [4.69, 9.17) is 16.3 Å². The van der Waals surface area contributed by atoms with E-state index in [9.17, 15) is 13.7 Å². The molecule has 1 heterocycles. The molecule has 0 aliphatic rings. The van der Waals surface area contributed by atoms with Gasteiger partial charge < -0.3 is 9.30 Å². The molecule has 0 saturated carbocycles. The second-order valence-corrected chi connectivity index (χ2v) is 8.11. The van der Waals surface area contributed by atoms with Crippen LogP contribution in [0, 0.1) is 11.3 Å². The minimum Gasteiger partial charge on any atom is -0.497 e. The molecule has 2 N–H and O–H groups in total. The summed E-state index contributed by atoms with van der Waals surface area (Å²) >= 11 is 5.52. The molecule has 0 radical (unpaired) electrons. The molecular formula is C20H21ClN4O3S. The van der Waals surface area contributed by atoms with Crippen molar-refractivity contribution in [3.05, 3.63) is 48.0 Å². The molecule has 2 aromatic carbocycles. The Hall–Kier alpha value is -2.73. The van der Waals surface area contributed by atoms with Gasteiger partial charge in [-0.3, -0.25) is 4.72 Å². The summed E-state index contributed by atoms with van der Waals surface area (Å²) in [6.07, 6.45) is 0. The number of anilines is 1. The molecule has 3 aromatic rings. The van der Waals surface area contributed by atoms with Gasteiger partial charge in [0, 0.05) is 36.1 Å². The van der Waals surface area contributed by atoms with E-state index >= 15 is 0 Å². The molecule has 29 heavy (non-hydrogen) atoms. The molecule has 0 spiro atoms. The molecule has 0 unspecified atom stereocenters. The Balaban J connectivity index is 2.03. The Labute approximate surface area is 175 Å². The topological polar surface area (TPSA) is 96.2 Å². The summed E-state index contributed by atoms with van der Waals surface area (Å²) < 4.78 is 36.1. The number of alkyl halides is 1. The minimum absolute atomic E-state index is 0.139. The number of rotatable bonds is 8. The molecule has 152 valence electrons. The summed E-state index contributed by atoms with van der Waals surface area (Å²) in [5, 5.41) is 10.6. The van der Waals surface area contributed by atoms with Crippen LogP contribution in [0.3, 0.4) is 0 Å². The van der Waals surface area contributed by atoms with Gasteiger partial charge in [0.05, 0.1) is 23.9 Å². The molecule has 0 saturated heterocycles. The Morgan fingerprint density at radius 3 is 2.52 bits per heavy atom. The predicted molar refractivity (Wildman–Crippen MR) is 116 cm³/mol. The van der Waals surface area contributed by atoms with Crippen molar-refractivity contribution in [1.29, 1.82) is 5.26 Å². The zero-order valence-corrected chi connectivity index (χ0v) is 17.6. The fourth-order valence-electron chi connectivity index (χ4n) is 3.26. The Morgan fingerprint density at radius 1 is 1.21 bits per heavy atom. The first-order chi connectivity index (χ1) is 13.9. The fourth-order valence-corrected chi connectivity index (χ4v) is 4.35. The SMILES string of the molecule is CCn1c(-c2ccc(NS(=O)(=O)NCCCl)cc2)c(C#N)c2ccc(OC)cc21. The van der Waals surface area contributed by atoms with Crippen molar-refractivity contribution < 1.29 is 13.2 Å². The lowest BCUT2D eigenvalue weighted by Gasteiger charge is -2.11. The number of ether oxygens (including phenoxy) is 1. The van der Waals surface area contributed by atoms with Crippen molar-refractivity contribution in [2.24, 2.45) is 0 Å². The lowest BCUT2D eigenvalue weighted by Crippen LogP contribution is -2.31. The van der Waals surface area contributed by atoms with Crippen LogP contribution in [0.2, 0.25) is 0 Å². The van der Waals surface area contributed by atoms with Gasteiger partial charge in [-0.2, -0.15) is 18.4 Å². The number of nitriles is 1. The molecule has 7 nitrogen and oxygen atoms in total. The highest BCUT2D eigenvalue weighted by molar-refractivity contribution is 7.90. The maximum atomic E-state index is 12.0. The van der Waals surface area contributed by atoms with Gasteiger partial charge in [0.1, 0.15) is 11.8 Å². The van der Waals surface area contributed by atoms with E-state index in [2.05, 4.69) is 20.1 Å². The number of methoxy groups -OCH3 is 1. The summed E-state index contributed by atoms with van der Waals surface area (Å²) in [6, 6.07) is 14.8. The van der Waals surface area contributed by atoms with Gasteiger partial charge in [0.25, 0.3) is 10.2 Å². The molecule has 0 fully saturated rings. The van der Waals surface area contributed by atoms with E-state index in [1.165, 1.54) is 0 Å². The van der Waals surface area contributed by atoms with Gasteiger partial charge in [-0.15, -0.1) is 11.6 Å². The van der Waals surface area contributed by atoms with Crippen LogP contribution in [-0.4, -0.2) is 32.5 Å². The van der Waals surface area contributed by atoms with Crippen LogP contribution in [0.15, 0.2) is 42.5 Å². The lowest BCUT2D eigenvalue weighted by atomic mass is 10.1. The first-order valence-electron chi connectivity index (χ1n) is 8.98. The molecule has 0 aliphatic heterocycles. The maximum Gasteiger partial charge on any atom is 0.299 e. The Kier molecular flexibility index (Phi) is 6.33. The highest BCUT2D eigenvalue weighted by Gasteiger charge is 2.19. The van der Waals surface area contributed by atoms with Gasteiger partial charge in [-0.1, -0.05) is 12.1 Å². The molecule has 0 atom stereocenters. The maximum absolute atomic E-state index is 12.0. The second-order valence-electron chi connectivity index (χ2n) is 6.23. The third kappa shape index (κ3) is 4.32. The van der Waals surface area contributed by atoms with Crippen LogP contribution in [0.5, 0.6) is 5.75 Å². The number of benzene rings is 2. The van der Waals surface area contributed by atoms with Crippen LogP contribution < -0.4 is 14.2 Å². The molecule has 1 aromatic heterocycles. The van der Waals surface area contributed by atoms with E-state index in [1.807, 2.05) is 25.1 Å². The van der Waals surface area contributed by atoms with E-state index in [1.54, 1.807) is 31.4 Å². The third-order valence-corrected chi connectivity index (χ3v) is 5.77. The van der Waals surface area contributed by atoms with Crippen LogP contribution in [0.25, 0.3) is 22.2 Å².